The van der Waals surface area contributed by atoms with Gasteiger partial charge in [0.1, 0.15) is 17.3 Å². The quantitative estimate of drug-likeness (QED) is 0.655. The highest BCUT2D eigenvalue weighted by Gasteiger charge is 2.35. The molecule has 3 atom stereocenters. The largest absolute Gasteiger partial charge is 0.334 e. The summed E-state index contributed by atoms with van der Waals surface area (Å²) in [5.41, 5.74) is -0.265. The Balaban J connectivity index is 1.54. The summed E-state index contributed by atoms with van der Waals surface area (Å²) in [4.78, 5) is 39.3. The minimum atomic E-state index is -1.21. The summed E-state index contributed by atoms with van der Waals surface area (Å²) in [5.74, 6) is -0.257. The van der Waals surface area contributed by atoms with E-state index in [1.54, 1.807) is 11.3 Å². The van der Waals surface area contributed by atoms with E-state index in [1.807, 2.05) is 36.5 Å². The van der Waals surface area contributed by atoms with Crippen LogP contribution in [0.4, 0.5) is 4.79 Å². The Morgan fingerprint density at radius 1 is 1.41 bits per heavy atom. The summed E-state index contributed by atoms with van der Waals surface area (Å²) < 4.78 is 14.5. The second-order valence-corrected chi connectivity index (χ2v) is 10.9. The summed E-state index contributed by atoms with van der Waals surface area (Å²) in [6.07, 6.45) is 2.26. The molecule has 0 spiro atoms. The van der Waals surface area contributed by atoms with Gasteiger partial charge < -0.3 is 20.3 Å². The standard InChI is InChI=1S/C19H28N4O4S2/c1-19(2,3)16(11-22-10-14-15(29(22)27)6-8-28-14)21-18(26)20-9-17(25)23-7-4-5-13(23)12-24/h6,8,12-13,16H,4-5,7,9-11H2,1-3H3,(H2,20,21,26)/t13-,16?,29?/m0/s1. The second-order valence-electron chi connectivity index (χ2n) is 8.46. The molecule has 0 bridgehead atoms. The Labute approximate surface area is 177 Å². The number of aldehydes is 1. The first-order valence-corrected chi connectivity index (χ1v) is 11.7. The maximum absolute atomic E-state index is 12.7. The zero-order valence-electron chi connectivity index (χ0n) is 17.0. The van der Waals surface area contributed by atoms with E-state index in [1.165, 1.54) is 4.90 Å². The van der Waals surface area contributed by atoms with E-state index >= 15 is 0 Å². The average molecular weight is 441 g/mol. The fourth-order valence-corrected chi connectivity index (χ4v) is 6.10. The topological polar surface area (TPSA) is 98.8 Å². The lowest BCUT2D eigenvalue weighted by atomic mass is 9.86. The molecule has 0 saturated carbocycles. The Morgan fingerprint density at radius 3 is 2.83 bits per heavy atom. The van der Waals surface area contributed by atoms with Gasteiger partial charge >= 0.3 is 6.03 Å². The lowest BCUT2D eigenvalue weighted by Crippen LogP contribution is -2.54. The first kappa shape index (κ1) is 21.9. The van der Waals surface area contributed by atoms with E-state index in [0.717, 1.165) is 22.5 Å². The zero-order valence-corrected chi connectivity index (χ0v) is 18.6. The van der Waals surface area contributed by atoms with Crippen LogP contribution in [-0.4, -0.2) is 63.4 Å². The summed E-state index contributed by atoms with van der Waals surface area (Å²) in [5, 5.41) is 7.48. The summed E-state index contributed by atoms with van der Waals surface area (Å²) >= 11 is 1.59. The summed E-state index contributed by atoms with van der Waals surface area (Å²) in [6.45, 7) is 7.47. The lowest BCUT2D eigenvalue weighted by Gasteiger charge is -2.34. The van der Waals surface area contributed by atoms with Crippen LogP contribution in [0.25, 0.3) is 0 Å². The molecular formula is C19H28N4O4S2. The van der Waals surface area contributed by atoms with Crippen molar-refractivity contribution in [1.29, 1.82) is 0 Å². The van der Waals surface area contributed by atoms with E-state index in [0.29, 0.717) is 26.1 Å². The molecule has 8 nitrogen and oxygen atoms in total. The van der Waals surface area contributed by atoms with Crippen molar-refractivity contribution in [2.24, 2.45) is 5.41 Å². The molecule has 1 saturated heterocycles. The predicted molar refractivity (Wildman–Crippen MR) is 112 cm³/mol. The number of nitrogens with one attached hydrogen (secondary N) is 2. The first-order chi connectivity index (χ1) is 13.7. The van der Waals surface area contributed by atoms with Crippen molar-refractivity contribution in [3.05, 3.63) is 16.3 Å². The molecule has 2 unspecified atom stereocenters. The Bertz CT molecular complexity index is 804. The Hall–Kier alpha value is -1.78. The highest BCUT2D eigenvalue weighted by molar-refractivity contribution is 7.83. The number of fused-ring (bicyclic) bond motifs is 1. The maximum Gasteiger partial charge on any atom is 0.315 e. The van der Waals surface area contributed by atoms with E-state index < -0.39 is 17.0 Å². The third kappa shape index (κ3) is 5.04. The molecule has 1 aromatic heterocycles. The number of urea groups is 1. The minimum absolute atomic E-state index is 0.153. The first-order valence-electron chi connectivity index (χ1n) is 9.73. The van der Waals surface area contributed by atoms with Crippen molar-refractivity contribution in [2.75, 3.05) is 19.6 Å². The van der Waals surface area contributed by atoms with Crippen LogP contribution in [0.3, 0.4) is 0 Å². The van der Waals surface area contributed by atoms with Crippen LogP contribution in [0.5, 0.6) is 0 Å². The SMILES string of the molecule is CC(C)(C)C(CN1Cc2sccc2S1=O)NC(=O)NCC(=O)N1CCC[C@H]1C=O. The lowest BCUT2D eigenvalue weighted by molar-refractivity contribution is -0.133. The van der Waals surface area contributed by atoms with Crippen molar-refractivity contribution in [1.82, 2.24) is 19.8 Å². The molecule has 2 N–H and O–H groups in total. The van der Waals surface area contributed by atoms with Gasteiger partial charge in [0.15, 0.2) is 0 Å². The maximum atomic E-state index is 12.7. The Morgan fingerprint density at radius 2 is 2.17 bits per heavy atom. The van der Waals surface area contributed by atoms with Gasteiger partial charge in [-0.3, -0.25) is 4.79 Å². The number of hydrogen-bond donors (Lipinski definition) is 2. The Kier molecular flexibility index (Phi) is 6.75. The smallest absolute Gasteiger partial charge is 0.315 e. The van der Waals surface area contributed by atoms with E-state index in [9.17, 15) is 18.6 Å². The van der Waals surface area contributed by atoms with Gasteiger partial charge in [-0.2, -0.15) is 0 Å². The van der Waals surface area contributed by atoms with Gasteiger partial charge in [0, 0.05) is 30.6 Å². The molecule has 0 radical (unpaired) electrons. The van der Waals surface area contributed by atoms with E-state index in [-0.39, 0.29) is 30.0 Å². The predicted octanol–water partition coefficient (Wildman–Crippen LogP) is 1.49. The van der Waals surface area contributed by atoms with Crippen molar-refractivity contribution in [3.8, 4) is 0 Å². The van der Waals surface area contributed by atoms with Crippen LogP contribution in [0.15, 0.2) is 16.3 Å². The van der Waals surface area contributed by atoms with Crippen LogP contribution in [0, 0.1) is 5.41 Å². The number of carbonyl (C=O) groups excluding carboxylic acids is 3. The molecule has 0 aromatic carbocycles. The molecule has 10 heteroatoms. The molecule has 3 heterocycles. The normalized spacial score (nSPS) is 22.9. The van der Waals surface area contributed by atoms with Gasteiger partial charge in [-0.05, 0) is 29.7 Å². The zero-order chi connectivity index (χ0) is 21.2. The summed E-state index contributed by atoms with van der Waals surface area (Å²) in [6, 6.07) is 0.796. The molecule has 3 amide bonds. The number of amides is 3. The molecule has 1 aromatic rings. The molecule has 29 heavy (non-hydrogen) atoms. The van der Waals surface area contributed by atoms with Gasteiger partial charge in [0.05, 0.1) is 17.5 Å². The number of thiophene rings is 1. The van der Waals surface area contributed by atoms with Gasteiger partial charge in [-0.15, -0.1) is 11.3 Å². The number of hydrogen-bond acceptors (Lipinski definition) is 5. The summed E-state index contributed by atoms with van der Waals surface area (Å²) in [7, 11) is -1.21. The minimum Gasteiger partial charge on any atom is -0.334 e. The highest BCUT2D eigenvalue weighted by atomic mass is 32.2. The van der Waals surface area contributed by atoms with Gasteiger partial charge in [-0.1, -0.05) is 20.8 Å². The number of likely N-dealkylation sites (tertiary alicyclic amines) is 1. The van der Waals surface area contributed by atoms with E-state index in [4.69, 9.17) is 0 Å². The molecule has 3 rings (SSSR count). The van der Waals surface area contributed by atoms with Crippen LogP contribution in [0.2, 0.25) is 0 Å². The van der Waals surface area contributed by atoms with Crippen LogP contribution >= 0.6 is 11.3 Å². The van der Waals surface area contributed by atoms with Crippen molar-refractivity contribution in [3.63, 3.8) is 0 Å². The average Bonchev–Trinajstić information content (AvgIpc) is 3.37. The molecule has 2 aliphatic heterocycles. The third-order valence-corrected chi connectivity index (χ3v) is 7.90. The monoisotopic (exact) mass is 440 g/mol. The number of carbonyl (C=O) groups is 3. The fourth-order valence-electron chi connectivity index (χ4n) is 3.54. The van der Waals surface area contributed by atoms with Crippen LogP contribution < -0.4 is 10.6 Å². The molecule has 0 aliphatic carbocycles. The fraction of sp³-hybridized carbons (Fsp3) is 0.632. The molecule has 2 aliphatic rings. The van der Waals surface area contributed by atoms with Crippen molar-refractivity contribution < 1.29 is 18.6 Å². The molecule has 160 valence electrons. The third-order valence-electron chi connectivity index (χ3n) is 5.36. The van der Waals surface area contributed by atoms with Gasteiger partial charge in [0.2, 0.25) is 5.91 Å². The van der Waals surface area contributed by atoms with E-state index in [2.05, 4.69) is 10.6 Å². The van der Waals surface area contributed by atoms with Crippen molar-refractivity contribution in [2.45, 2.75) is 57.1 Å². The van der Waals surface area contributed by atoms with Crippen molar-refractivity contribution >= 4 is 40.5 Å². The van der Waals surface area contributed by atoms with Crippen LogP contribution in [0.1, 0.15) is 38.5 Å². The van der Waals surface area contributed by atoms with Gasteiger partial charge in [-0.25, -0.2) is 13.3 Å². The molecule has 1 fully saturated rings. The van der Waals surface area contributed by atoms with Crippen LogP contribution in [-0.2, 0) is 27.1 Å². The number of rotatable bonds is 6. The second kappa shape index (κ2) is 8.93. The van der Waals surface area contributed by atoms with Gasteiger partial charge in [0.25, 0.3) is 0 Å². The molecular weight excluding hydrogens is 412 g/mol. The highest BCUT2D eigenvalue weighted by Crippen LogP contribution is 2.32. The number of nitrogens with zero attached hydrogens (tertiary/aromatic N) is 2.